The molecule has 29 heavy (non-hydrogen) atoms. The molecule has 2 N–H and O–H groups in total. The fourth-order valence-corrected chi connectivity index (χ4v) is 3.51. The number of aromatic nitrogens is 7. The minimum Gasteiger partial charge on any atom is -0.353 e. The molecule has 1 saturated heterocycles. The fraction of sp³-hybridized carbons (Fsp3) is 0.368. The third-order valence-electron chi connectivity index (χ3n) is 5.00. The summed E-state index contributed by atoms with van der Waals surface area (Å²) in [4.78, 5) is 11.4. The van der Waals surface area contributed by atoms with Crippen LogP contribution in [0.25, 0.3) is 21.9 Å². The quantitative estimate of drug-likeness (QED) is 0.540. The molecule has 1 aliphatic heterocycles. The topological polar surface area (TPSA) is 110 Å². The van der Waals surface area contributed by atoms with Crippen LogP contribution >= 0.6 is 0 Å². The van der Waals surface area contributed by atoms with Gasteiger partial charge in [0.1, 0.15) is 16.6 Å². The van der Waals surface area contributed by atoms with Gasteiger partial charge in [0.25, 0.3) is 0 Å². The number of anilines is 3. The summed E-state index contributed by atoms with van der Waals surface area (Å²) in [6, 6.07) is 7.96. The molecule has 0 amide bonds. The van der Waals surface area contributed by atoms with E-state index in [0.717, 1.165) is 53.9 Å². The zero-order valence-corrected chi connectivity index (χ0v) is 16.4. The van der Waals surface area contributed by atoms with Crippen LogP contribution in [0.4, 0.5) is 17.6 Å². The zero-order chi connectivity index (χ0) is 19.8. The Kier molecular flexibility index (Phi) is 4.39. The van der Waals surface area contributed by atoms with Crippen LogP contribution in [0, 0.1) is 0 Å². The second kappa shape index (κ2) is 7.21. The van der Waals surface area contributed by atoms with Crippen molar-refractivity contribution < 1.29 is 0 Å². The monoisotopic (exact) mass is 390 g/mol. The van der Waals surface area contributed by atoms with E-state index in [2.05, 4.69) is 54.9 Å². The minimum atomic E-state index is 0.181. The number of nitrogens with zero attached hydrogens (tertiary/aromatic N) is 8. The van der Waals surface area contributed by atoms with E-state index < -0.39 is 0 Å². The minimum absolute atomic E-state index is 0.181. The predicted molar refractivity (Wildman–Crippen MR) is 111 cm³/mol. The molecule has 0 bridgehead atoms. The van der Waals surface area contributed by atoms with Gasteiger partial charge in [0.05, 0.1) is 0 Å². The number of nitrogens with one attached hydrogen (secondary N) is 2. The number of piperazine rings is 1. The average Bonchev–Trinajstić information content (AvgIpc) is 3.20. The lowest BCUT2D eigenvalue weighted by Crippen LogP contribution is -2.43. The van der Waals surface area contributed by atoms with Gasteiger partial charge in [-0.05, 0) is 38.1 Å². The molecule has 1 aliphatic rings. The maximum absolute atomic E-state index is 4.72. The molecule has 1 aromatic carbocycles. The average molecular weight is 390 g/mol. The molecular formula is C19H22N10. The van der Waals surface area contributed by atoms with E-state index in [1.807, 2.05) is 28.9 Å². The molecular weight excluding hydrogens is 368 g/mol. The van der Waals surface area contributed by atoms with E-state index in [1.165, 1.54) is 0 Å². The largest absolute Gasteiger partial charge is 0.353 e. The highest BCUT2D eigenvalue weighted by Crippen LogP contribution is 2.25. The summed E-state index contributed by atoms with van der Waals surface area (Å²) in [6.45, 7) is 7.93. The molecule has 0 atom stereocenters. The van der Waals surface area contributed by atoms with Crippen LogP contribution in [0.1, 0.15) is 19.9 Å². The molecule has 5 rings (SSSR count). The van der Waals surface area contributed by atoms with Crippen molar-refractivity contribution in [3.05, 3.63) is 30.5 Å². The van der Waals surface area contributed by atoms with E-state index >= 15 is 0 Å². The molecule has 0 spiro atoms. The van der Waals surface area contributed by atoms with Gasteiger partial charge in [-0.2, -0.15) is 0 Å². The number of hydrogen-bond donors (Lipinski definition) is 2. The summed E-state index contributed by atoms with van der Waals surface area (Å²) in [5.74, 6) is 1.95. The molecule has 10 nitrogen and oxygen atoms in total. The Balaban J connectivity index is 1.46. The second-order valence-electron chi connectivity index (χ2n) is 7.33. The van der Waals surface area contributed by atoms with Crippen molar-refractivity contribution >= 4 is 39.5 Å². The van der Waals surface area contributed by atoms with Gasteiger partial charge in [0.15, 0.2) is 11.6 Å². The summed E-state index contributed by atoms with van der Waals surface area (Å²) in [5, 5.41) is 24.6. The van der Waals surface area contributed by atoms with Gasteiger partial charge in [-0.3, -0.25) is 0 Å². The first kappa shape index (κ1) is 17.7. The lowest BCUT2D eigenvalue weighted by atomic mass is 10.2. The van der Waals surface area contributed by atoms with Crippen molar-refractivity contribution in [1.29, 1.82) is 0 Å². The Labute approximate surface area is 167 Å². The second-order valence-corrected chi connectivity index (χ2v) is 7.33. The highest BCUT2D eigenvalue weighted by atomic mass is 15.4. The Morgan fingerprint density at radius 1 is 1.03 bits per heavy atom. The molecule has 0 radical (unpaired) electrons. The van der Waals surface area contributed by atoms with Crippen LogP contribution in [0.3, 0.4) is 0 Å². The SMILES string of the molecule is CC(C)n1nnc2ccc3cnc(Nc4ccc(N5CCNCC5)nn4)nc3c21. The summed E-state index contributed by atoms with van der Waals surface area (Å²) < 4.78 is 1.89. The molecule has 10 heteroatoms. The number of rotatable bonds is 4. The molecule has 3 aromatic heterocycles. The van der Waals surface area contributed by atoms with Crippen LogP contribution in [-0.4, -0.2) is 61.3 Å². The molecule has 148 valence electrons. The lowest BCUT2D eigenvalue weighted by molar-refractivity contribution is 0.531. The third-order valence-corrected chi connectivity index (χ3v) is 5.00. The normalized spacial score (nSPS) is 14.8. The standard InChI is InChI=1S/C19H22N10/c1-12(2)29-18-14(24-27-29)4-3-13-11-21-19(23-17(13)18)22-15-5-6-16(26-25-15)28-9-7-20-8-10-28/h3-6,11-12,20H,7-10H2,1-2H3,(H,21,22,23,25). The van der Waals surface area contributed by atoms with Gasteiger partial charge < -0.3 is 15.5 Å². The first-order valence-corrected chi connectivity index (χ1v) is 9.76. The van der Waals surface area contributed by atoms with Gasteiger partial charge >= 0.3 is 0 Å². The highest BCUT2D eigenvalue weighted by molar-refractivity contribution is 6.01. The van der Waals surface area contributed by atoms with Crippen molar-refractivity contribution in [1.82, 2.24) is 40.5 Å². The molecule has 4 heterocycles. The maximum atomic E-state index is 4.72. The molecule has 0 saturated carbocycles. The van der Waals surface area contributed by atoms with E-state index in [9.17, 15) is 0 Å². The van der Waals surface area contributed by atoms with Crippen molar-refractivity contribution in [3.63, 3.8) is 0 Å². The van der Waals surface area contributed by atoms with Crippen molar-refractivity contribution in [2.45, 2.75) is 19.9 Å². The van der Waals surface area contributed by atoms with Crippen molar-refractivity contribution in [3.8, 4) is 0 Å². The summed E-state index contributed by atoms with van der Waals surface area (Å²) in [5.41, 5.74) is 2.53. The zero-order valence-electron chi connectivity index (χ0n) is 16.4. The van der Waals surface area contributed by atoms with Crippen LogP contribution in [0.15, 0.2) is 30.5 Å². The molecule has 4 aromatic rings. The van der Waals surface area contributed by atoms with Crippen LogP contribution < -0.4 is 15.5 Å². The van der Waals surface area contributed by atoms with Crippen LogP contribution in [0.5, 0.6) is 0 Å². The highest BCUT2D eigenvalue weighted by Gasteiger charge is 2.15. The predicted octanol–water partition coefficient (Wildman–Crippen LogP) is 1.90. The fourth-order valence-electron chi connectivity index (χ4n) is 3.51. The van der Waals surface area contributed by atoms with Gasteiger partial charge in [-0.25, -0.2) is 14.6 Å². The number of fused-ring (bicyclic) bond motifs is 3. The van der Waals surface area contributed by atoms with Gasteiger partial charge in [0, 0.05) is 43.8 Å². The lowest BCUT2D eigenvalue weighted by Gasteiger charge is -2.27. The van der Waals surface area contributed by atoms with Gasteiger partial charge in [0.2, 0.25) is 5.95 Å². The van der Waals surface area contributed by atoms with Crippen molar-refractivity contribution in [2.75, 3.05) is 36.4 Å². The Morgan fingerprint density at radius 2 is 1.90 bits per heavy atom. The Bertz CT molecular complexity index is 1150. The Hall–Kier alpha value is -3.40. The van der Waals surface area contributed by atoms with Crippen molar-refractivity contribution in [2.24, 2.45) is 0 Å². The van der Waals surface area contributed by atoms with E-state index in [-0.39, 0.29) is 6.04 Å². The number of hydrogen-bond acceptors (Lipinski definition) is 9. The molecule has 1 fully saturated rings. The van der Waals surface area contributed by atoms with Crippen LogP contribution in [-0.2, 0) is 0 Å². The van der Waals surface area contributed by atoms with E-state index in [0.29, 0.717) is 11.8 Å². The number of benzene rings is 1. The summed E-state index contributed by atoms with van der Waals surface area (Å²) in [7, 11) is 0. The Morgan fingerprint density at radius 3 is 2.66 bits per heavy atom. The van der Waals surface area contributed by atoms with E-state index in [1.54, 1.807) is 6.20 Å². The maximum Gasteiger partial charge on any atom is 0.229 e. The smallest absolute Gasteiger partial charge is 0.229 e. The summed E-state index contributed by atoms with van der Waals surface area (Å²) >= 11 is 0. The first-order valence-electron chi connectivity index (χ1n) is 9.76. The first-order chi connectivity index (χ1) is 14.2. The van der Waals surface area contributed by atoms with E-state index in [4.69, 9.17) is 4.98 Å². The molecule has 0 aliphatic carbocycles. The molecule has 0 unspecified atom stereocenters. The van der Waals surface area contributed by atoms with Gasteiger partial charge in [-0.1, -0.05) is 5.21 Å². The summed E-state index contributed by atoms with van der Waals surface area (Å²) in [6.07, 6.45) is 1.80. The third kappa shape index (κ3) is 3.31. The van der Waals surface area contributed by atoms with Gasteiger partial charge in [-0.15, -0.1) is 15.3 Å². The van der Waals surface area contributed by atoms with Crippen LogP contribution in [0.2, 0.25) is 0 Å².